The molecule has 0 saturated carbocycles. The van der Waals surface area contributed by atoms with Crippen molar-refractivity contribution in [3.05, 3.63) is 58.7 Å². The zero-order valence-electron chi connectivity index (χ0n) is 19.6. The highest BCUT2D eigenvalue weighted by Gasteiger charge is 2.39. The first kappa shape index (κ1) is 23.3. The number of aryl methyl sites for hydroxylation is 1. The Kier molecular flexibility index (Phi) is 6.54. The monoisotopic (exact) mass is 463 g/mol. The lowest BCUT2D eigenvalue weighted by molar-refractivity contribution is -0.137. The van der Waals surface area contributed by atoms with Gasteiger partial charge >= 0.3 is 0 Å². The van der Waals surface area contributed by atoms with Gasteiger partial charge in [-0.25, -0.2) is 0 Å². The first-order valence-corrected chi connectivity index (χ1v) is 11.3. The van der Waals surface area contributed by atoms with Crippen molar-refractivity contribution in [1.29, 1.82) is 0 Å². The topological polar surface area (TPSA) is 111 Å². The summed E-state index contributed by atoms with van der Waals surface area (Å²) in [5, 5.41) is 8.35. The van der Waals surface area contributed by atoms with Crippen molar-refractivity contribution in [2.75, 3.05) is 30.9 Å². The van der Waals surface area contributed by atoms with Crippen molar-refractivity contribution in [3.63, 3.8) is 0 Å². The highest BCUT2D eigenvalue weighted by Crippen LogP contribution is 2.28. The van der Waals surface area contributed by atoms with E-state index in [0.717, 1.165) is 28.1 Å². The summed E-state index contributed by atoms with van der Waals surface area (Å²) in [5.74, 6) is -1.09. The summed E-state index contributed by atoms with van der Waals surface area (Å²) in [6.45, 7) is 2.82. The molecule has 4 amide bonds. The van der Waals surface area contributed by atoms with Crippen LogP contribution in [-0.2, 0) is 27.5 Å². The number of carbonyl (C=O) groups excluding carboxylic acids is 4. The van der Waals surface area contributed by atoms with Crippen molar-refractivity contribution >= 4 is 35.0 Å². The summed E-state index contributed by atoms with van der Waals surface area (Å²) in [4.78, 5) is 52.3. The minimum Gasteiger partial charge on any atom is -0.377 e. The van der Waals surface area contributed by atoms with Crippen LogP contribution in [0, 0.1) is 6.92 Å². The highest BCUT2D eigenvalue weighted by atomic mass is 16.2. The van der Waals surface area contributed by atoms with Crippen LogP contribution in [0.3, 0.4) is 0 Å². The molecule has 0 aliphatic carbocycles. The van der Waals surface area contributed by atoms with Crippen molar-refractivity contribution in [3.8, 4) is 0 Å². The fraction of sp³-hybridized carbons (Fsp3) is 0.360. The van der Waals surface area contributed by atoms with Gasteiger partial charge in [-0.2, -0.15) is 0 Å². The fourth-order valence-corrected chi connectivity index (χ4v) is 4.38. The number of nitrogens with zero attached hydrogens (tertiary/aromatic N) is 2. The number of hydrogen-bond acceptors (Lipinski definition) is 6. The van der Waals surface area contributed by atoms with Gasteiger partial charge in [0.15, 0.2) is 0 Å². The van der Waals surface area contributed by atoms with Gasteiger partial charge in [0.1, 0.15) is 6.04 Å². The molecular formula is C25H29N5O4. The summed E-state index contributed by atoms with van der Waals surface area (Å²) in [7, 11) is 3.96. The predicted octanol–water partition coefficient (Wildman–Crippen LogP) is 1.55. The van der Waals surface area contributed by atoms with E-state index in [0.29, 0.717) is 25.1 Å². The molecule has 178 valence electrons. The lowest BCUT2D eigenvalue weighted by Crippen LogP contribution is -2.52. The van der Waals surface area contributed by atoms with E-state index in [1.165, 1.54) is 4.90 Å². The molecule has 9 nitrogen and oxygen atoms in total. The molecule has 0 spiro atoms. The van der Waals surface area contributed by atoms with Crippen molar-refractivity contribution in [2.45, 2.75) is 38.9 Å². The van der Waals surface area contributed by atoms with Crippen molar-refractivity contribution in [1.82, 2.24) is 15.5 Å². The van der Waals surface area contributed by atoms with E-state index in [9.17, 15) is 19.2 Å². The van der Waals surface area contributed by atoms with Gasteiger partial charge in [0.25, 0.3) is 5.91 Å². The maximum atomic E-state index is 12.8. The molecule has 34 heavy (non-hydrogen) atoms. The predicted molar refractivity (Wildman–Crippen MR) is 128 cm³/mol. The Morgan fingerprint density at radius 2 is 1.94 bits per heavy atom. The van der Waals surface area contributed by atoms with E-state index in [2.05, 4.69) is 16.0 Å². The largest absolute Gasteiger partial charge is 0.377 e. The zero-order chi connectivity index (χ0) is 24.4. The van der Waals surface area contributed by atoms with Crippen LogP contribution in [0.15, 0.2) is 36.4 Å². The van der Waals surface area contributed by atoms with E-state index in [1.807, 2.05) is 56.3 Å². The van der Waals surface area contributed by atoms with E-state index in [4.69, 9.17) is 0 Å². The molecule has 1 atom stereocenters. The molecule has 2 aromatic rings. The average molecular weight is 464 g/mol. The third-order valence-electron chi connectivity index (χ3n) is 6.22. The molecule has 2 aromatic carbocycles. The molecule has 2 aliphatic heterocycles. The van der Waals surface area contributed by atoms with E-state index < -0.39 is 11.9 Å². The number of nitrogens with one attached hydrogen (secondary N) is 3. The highest BCUT2D eigenvalue weighted by molar-refractivity contribution is 6.05. The maximum absolute atomic E-state index is 12.8. The molecule has 4 rings (SSSR count). The Balaban J connectivity index is 1.32. The summed E-state index contributed by atoms with van der Waals surface area (Å²) < 4.78 is 0. The van der Waals surface area contributed by atoms with Gasteiger partial charge in [0.2, 0.25) is 17.7 Å². The molecule has 0 bridgehead atoms. The number of hydrogen-bond donors (Lipinski definition) is 3. The Morgan fingerprint density at radius 1 is 1.15 bits per heavy atom. The Labute approximate surface area is 198 Å². The van der Waals surface area contributed by atoms with Crippen LogP contribution < -0.4 is 20.9 Å². The quantitative estimate of drug-likeness (QED) is 0.538. The summed E-state index contributed by atoms with van der Waals surface area (Å²) >= 11 is 0. The summed E-state index contributed by atoms with van der Waals surface area (Å²) in [5.41, 5.74) is 5.35. The van der Waals surface area contributed by atoms with Crippen molar-refractivity contribution in [2.24, 2.45) is 0 Å². The lowest BCUT2D eigenvalue weighted by Gasteiger charge is -2.29. The second-order valence-electron chi connectivity index (χ2n) is 8.92. The fourth-order valence-electron chi connectivity index (χ4n) is 4.38. The van der Waals surface area contributed by atoms with Gasteiger partial charge in [-0.05, 0) is 48.2 Å². The lowest BCUT2D eigenvalue weighted by atomic mass is 10.0. The Hall–Kier alpha value is -3.88. The molecule has 1 unspecified atom stereocenters. The first-order chi connectivity index (χ1) is 16.2. The Morgan fingerprint density at radius 3 is 2.68 bits per heavy atom. The molecule has 0 aromatic heterocycles. The molecule has 2 aliphatic rings. The van der Waals surface area contributed by atoms with Gasteiger partial charge in [-0.1, -0.05) is 18.2 Å². The number of benzene rings is 2. The van der Waals surface area contributed by atoms with Gasteiger partial charge < -0.3 is 20.4 Å². The minimum atomic E-state index is -0.637. The van der Waals surface area contributed by atoms with E-state index in [-0.39, 0.29) is 30.7 Å². The average Bonchev–Trinajstić information content (AvgIpc) is 3.12. The molecule has 3 N–H and O–H groups in total. The van der Waals surface area contributed by atoms with Crippen molar-refractivity contribution < 1.29 is 19.2 Å². The smallest absolute Gasteiger partial charge is 0.255 e. The van der Waals surface area contributed by atoms with Gasteiger partial charge in [0, 0.05) is 50.5 Å². The number of fused-ring (bicyclic) bond motifs is 1. The Bertz CT molecular complexity index is 1160. The molecule has 1 fully saturated rings. The van der Waals surface area contributed by atoms with Crippen LogP contribution in [0.25, 0.3) is 0 Å². The normalized spacial score (nSPS) is 17.3. The zero-order valence-corrected chi connectivity index (χ0v) is 19.6. The number of imide groups is 1. The van der Waals surface area contributed by atoms with Crippen LogP contribution in [0.5, 0.6) is 0 Å². The van der Waals surface area contributed by atoms with E-state index in [1.54, 1.807) is 6.07 Å². The molecule has 9 heteroatoms. The third kappa shape index (κ3) is 4.88. The second-order valence-corrected chi connectivity index (χ2v) is 8.92. The maximum Gasteiger partial charge on any atom is 0.255 e. The van der Waals surface area contributed by atoms with Crippen LogP contribution in [-0.4, -0.2) is 55.2 Å². The summed E-state index contributed by atoms with van der Waals surface area (Å²) in [6.07, 6.45) is 0.554. The van der Waals surface area contributed by atoms with Gasteiger partial charge in [-0.15, -0.1) is 0 Å². The molecule has 2 heterocycles. The molecule has 0 radical (unpaired) electrons. The van der Waals surface area contributed by atoms with Gasteiger partial charge in [-0.3, -0.25) is 24.5 Å². The SMILES string of the molecule is Cc1ccc(NCC(=O)NCc2ccc3c(c2)CN(C2CCC(=O)NC2=O)C3=O)cc1N(C)C. The number of anilines is 2. The van der Waals surface area contributed by atoms with Crippen LogP contribution in [0.4, 0.5) is 11.4 Å². The van der Waals surface area contributed by atoms with Crippen LogP contribution in [0.2, 0.25) is 0 Å². The third-order valence-corrected chi connectivity index (χ3v) is 6.22. The number of carbonyl (C=O) groups is 4. The van der Waals surface area contributed by atoms with E-state index >= 15 is 0 Å². The van der Waals surface area contributed by atoms with Crippen LogP contribution in [0.1, 0.15) is 39.9 Å². The second kappa shape index (κ2) is 9.54. The number of amides is 4. The minimum absolute atomic E-state index is 0.142. The van der Waals surface area contributed by atoms with Gasteiger partial charge in [0.05, 0.1) is 6.54 Å². The molecular weight excluding hydrogens is 434 g/mol. The molecule has 1 saturated heterocycles. The number of rotatable bonds is 7. The first-order valence-electron chi connectivity index (χ1n) is 11.3. The standard InChI is InChI=1S/C25H29N5O4/c1-15-4-6-18(11-21(15)29(2)3)26-13-23(32)27-12-16-5-7-19-17(10-16)14-30(25(19)34)20-8-9-22(31)28-24(20)33/h4-7,10-11,20,26H,8-9,12-14H2,1-3H3,(H,27,32)(H,28,31,33). The van der Waals surface area contributed by atoms with Crippen LogP contribution >= 0.6 is 0 Å². The number of piperidine rings is 1. The summed E-state index contributed by atoms with van der Waals surface area (Å²) in [6, 6.07) is 10.8.